The summed E-state index contributed by atoms with van der Waals surface area (Å²) in [6.45, 7) is 15.2. The Morgan fingerprint density at radius 2 is 1.15 bits per heavy atom. The number of rotatable bonds is 2. The molecular weight excluding hydrogens is 363 g/mol. The second-order valence-electron chi connectivity index (χ2n) is 4.64. The molecule has 0 atom stereocenters. The molecule has 0 amide bonds. The van der Waals surface area contributed by atoms with Crippen molar-refractivity contribution in [3.63, 3.8) is 0 Å². The maximum absolute atomic E-state index is 7.00. The second-order valence-corrected chi connectivity index (χ2v) is 5.52. The zero-order valence-corrected chi connectivity index (χ0v) is 16.8. The average molecular weight is 396 g/mol. The average Bonchev–Trinajstić information content (AvgIpc) is 2.43. The van der Waals surface area contributed by atoms with Crippen molar-refractivity contribution < 1.29 is 8.17 Å². The van der Waals surface area contributed by atoms with Gasteiger partial charge in [0.25, 0.3) is 0 Å². The lowest BCUT2D eigenvalue weighted by Crippen LogP contribution is -1.94. The fraction of sp³-hybridized carbons (Fsp3) is 0.647. The monoisotopic (exact) mass is 396 g/mol. The van der Waals surface area contributed by atoms with Gasteiger partial charge < -0.3 is 8.17 Å². The van der Waals surface area contributed by atoms with Crippen LogP contribution in [0.4, 0.5) is 0 Å². The van der Waals surface area contributed by atoms with Crippen molar-refractivity contribution in [2.75, 3.05) is 14.2 Å². The third-order valence-corrected chi connectivity index (χ3v) is 2.46. The van der Waals surface area contributed by atoms with Gasteiger partial charge in [-0.15, -0.1) is 0 Å². The Kier molecular flexibility index (Phi) is 21.0. The van der Waals surface area contributed by atoms with E-state index < -0.39 is 0 Å². The molecule has 0 bridgehead atoms. The fourth-order valence-electron chi connectivity index (χ4n) is 1.51. The molecule has 3 heteroatoms. The van der Waals surface area contributed by atoms with E-state index in [-0.39, 0.29) is 0 Å². The molecule has 0 saturated carbocycles. The normalized spacial score (nSPS) is 8.85. The molecule has 0 spiro atoms. The molecule has 0 unspecified atom stereocenters. The Morgan fingerprint density at radius 1 is 0.900 bits per heavy atom. The topological polar surface area (TPSA) is 29.5 Å². The minimum atomic E-state index is 0.636. The minimum Gasteiger partial charge on any atom is -0.400 e. The lowest BCUT2D eigenvalue weighted by Gasteiger charge is -2.12. The largest absolute Gasteiger partial charge is 0.400 e. The van der Waals surface area contributed by atoms with Crippen molar-refractivity contribution in [3.05, 3.63) is 34.9 Å². The van der Waals surface area contributed by atoms with E-state index in [9.17, 15) is 0 Å². The van der Waals surface area contributed by atoms with Crippen LogP contribution in [0.1, 0.15) is 70.1 Å². The number of hydrogen-bond acceptors (Lipinski definition) is 2. The molecule has 2 nitrogen and oxygen atoms in total. The first-order valence-corrected chi connectivity index (χ1v) is 8.01. The van der Waals surface area contributed by atoms with E-state index in [1.54, 1.807) is 30.1 Å². The molecule has 0 fully saturated rings. The molecule has 0 radical (unpaired) electrons. The van der Waals surface area contributed by atoms with Gasteiger partial charge in [-0.2, -0.15) is 0 Å². The Labute approximate surface area is 140 Å². The molecule has 20 heavy (non-hydrogen) atoms. The van der Waals surface area contributed by atoms with Gasteiger partial charge in [-0.25, -0.2) is 0 Å². The lowest BCUT2D eigenvalue weighted by atomic mass is 9.94. The first kappa shape index (κ1) is 24.9. The van der Waals surface area contributed by atoms with Crippen molar-refractivity contribution in [3.8, 4) is 0 Å². The van der Waals surface area contributed by atoms with Crippen LogP contribution in [0.15, 0.2) is 18.2 Å². The Bertz CT molecular complexity index is 284. The van der Waals surface area contributed by atoms with Gasteiger partial charge in [-0.1, -0.05) is 65.3 Å². The molecule has 0 aliphatic heterocycles. The number of benzene rings is 1. The number of hydrogen-bond donors (Lipinski definition) is 1. The van der Waals surface area contributed by atoms with Crippen molar-refractivity contribution in [2.24, 2.45) is 0 Å². The molecule has 1 N–H and O–H groups in total. The predicted octanol–water partition coefficient (Wildman–Crippen LogP) is 5.86. The van der Waals surface area contributed by atoms with Gasteiger partial charge in [-0.05, 0) is 29.9 Å². The fourth-order valence-corrected chi connectivity index (χ4v) is 1.51. The van der Waals surface area contributed by atoms with Gasteiger partial charge >= 0.3 is 0 Å². The highest BCUT2D eigenvalue weighted by Gasteiger charge is 2.04. The molecule has 0 aliphatic carbocycles. The number of aryl methyl sites for hydroxylation is 1. The lowest BCUT2D eigenvalue weighted by molar-refractivity contribution is 0.399. The van der Waals surface area contributed by atoms with Crippen molar-refractivity contribution in [1.29, 1.82) is 0 Å². The van der Waals surface area contributed by atoms with Gasteiger partial charge in [0.05, 0.1) is 0 Å². The molecular formula is C17H33IO2. The molecule has 1 rings (SSSR count). The van der Waals surface area contributed by atoms with Crippen LogP contribution < -0.4 is 0 Å². The Balaban J connectivity index is -0.000000355. The van der Waals surface area contributed by atoms with E-state index in [0.717, 1.165) is 7.11 Å². The first-order valence-electron chi connectivity index (χ1n) is 7.13. The molecule has 120 valence electrons. The summed E-state index contributed by atoms with van der Waals surface area (Å²) in [7, 11) is 2.61. The van der Waals surface area contributed by atoms with Crippen LogP contribution in [0.2, 0.25) is 0 Å². The number of aliphatic hydroxyl groups is 1. The standard InChI is InChI=1S/C13H20.C2H6.CH3IO.CH4O/c1-9(2)12-6-11(5)7-13(8-12)10(3)4;1-2;1-3-2;1-2/h6-10H,1-5H3;1-2H3;1H3;2H,1H3. The maximum atomic E-state index is 7.00. The van der Waals surface area contributed by atoms with E-state index in [0.29, 0.717) is 11.8 Å². The summed E-state index contributed by atoms with van der Waals surface area (Å²) in [4.78, 5) is 0. The molecule has 1 aromatic carbocycles. The second kappa shape index (κ2) is 16.9. The van der Waals surface area contributed by atoms with E-state index in [1.165, 1.54) is 16.7 Å². The van der Waals surface area contributed by atoms with Crippen LogP contribution in [0.5, 0.6) is 0 Å². The third kappa shape index (κ3) is 12.9. The van der Waals surface area contributed by atoms with Gasteiger partial charge in [-0.3, -0.25) is 0 Å². The van der Waals surface area contributed by atoms with Crippen LogP contribution in [0.3, 0.4) is 0 Å². The highest BCUT2D eigenvalue weighted by Crippen LogP contribution is 2.22. The van der Waals surface area contributed by atoms with Crippen LogP contribution in [-0.2, 0) is 3.07 Å². The van der Waals surface area contributed by atoms with Gasteiger partial charge in [0.15, 0.2) is 0 Å². The highest BCUT2D eigenvalue weighted by atomic mass is 127. The summed E-state index contributed by atoms with van der Waals surface area (Å²) in [6, 6.07) is 6.91. The molecule has 0 saturated heterocycles. The summed E-state index contributed by atoms with van der Waals surface area (Å²) >= 11 is 1.79. The third-order valence-electron chi connectivity index (χ3n) is 2.46. The van der Waals surface area contributed by atoms with Gasteiger partial charge in [0, 0.05) is 14.2 Å². The summed E-state index contributed by atoms with van der Waals surface area (Å²) in [5, 5.41) is 7.00. The van der Waals surface area contributed by atoms with E-state index in [1.807, 2.05) is 13.8 Å². The van der Waals surface area contributed by atoms with Crippen LogP contribution in [0.25, 0.3) is 0 Å². The van der Waals surface area contributed by atoms with Crippen molar-refractivity contribution >= 4 is 23.0 Å². The number of aliphatic hydroxyl groups excluding tert-OH is 1. The van der Waals surface area contributed by atoms with Crippen LogP contribution in [-0.4, -0.2) is 19.3 Å². The van der Waals surface area contributed by atoms with Crippen molar-refractivity contribution in [1.82, 2.24) is 0 Å². The molecule has 0 aliphatic rings. The van der Waals surface area contributed by atoms with E-state index in [4.69, 9.17) is 5.11 Å². The molecule has 0 heterocycles. The maximum Gasteiger partial charge on any atom is 0.109 e. The van der Waals surface area contributed by atoms with Crippen molar-refractivity contribution in [2.45, 2.75) is 60.3 Å². The molecule has 1 aromatic rings. The number of halogens is 1. The minimum absolute atomic E-state index is 0.636. The van der Waals surface area contributed by atoms with E-state index in [2.05, 4.69) is 55.9 Å². The zero-order valence-electron chi connectivity index (χ0n) is 14.6. The SMILES string of the molecule is CC.CO.COI.Cc1cc(C(C)C)cc(C(C)C)c1. The van der Waals surface area contributed by atoms with E-state index >= 15 is 0 Å². The van der Waals surface area contributed by atoms with Crippen LogP contribution >= 0.6 is 23.0 Å². The Morgan fingerprint density at radius 3 is 1.35 bits per heavy atom. The smallest absolute Gasteiger partial charge is 0.109 e. The summed E-state index contributed by atoms with van der Waals surface area (Å²) in [6.07, 6.45) is 0. The summed E-state index contributed by atoms with van der Waals surface area (Å²) < 4.78 is 4.22. The Hall–Kier alpha value is -0.130. The van der Waals surface area contributed by atoms with Gasteiger partial charge in [0.2, 0.25) is 0 Å². The summed E-state index contributed by atoms with van der Waals surface area (Å²) in [5.41, 5.74) is 4.31. The highest BCUT2D eigenvalue weighted by molar-refractivity contribution is 14.1. The predicted molar refractivity (Wildman–Crippen MR) is 99.9 cm³/mol. The van der Waals surface area contributed by atoms with Crippen LogP contribution in [0, 0.1) is 6.92 Å². The summed E-state index contributed by atoms with van der Waals surface area (Å²) in [5.74, 6) is 1.27. The quantitative estimate of drug-likeness (QED) is 0.635. The zero-order chi connectivity index (χ0) is 16.7. The first-order chi connectivity index (χ1) is 9.42. The van der Waals surface area contributed by atoms with Gasteiger partial charge in [0.1, 0.15) is 23.0 Å². The molecule has 0 aromatic heterocycles.